The minimum absolute atomic E-state index is 0.177. The van der Waals surface area contributed by atoms with Crippen molar-refractivity contribution >= 4 is 17.3 Å². The molecular formula is C17H18N6O2. The SMILES string of the molecule is CN(C)c1ccc(NC(=O)Cn2nc(-n3cccn3)ccc2=O)cc1. The van der Waals surface area contributed by atoms with Gasteiger partial charge in [-0.2, -0.15) is 5.10 Å². The second kappa shape index (κ2) is 7.00. The summed E-state index contributed by atoms with van der Waals surface area (Å²) in [6.45, 7) is -0.177. The average molecular weight is 338 g/mol. The lowest BCUT2D eigenvalue weighted by atomic mass is 10.2. The predicted molar refractivity (Wildman–Crippen MR) is 95.0 cm³/mol. The van der Waals surface area contributed by atoms with Gasteiger partial charge in [0.15, 0.2) is 5.82 Å². The summed E-state index contributed by atoms with van der Waals surface area (Å²) in [5.74, 6) is 0.137. The number of hydrogen-bond acceptors (Lipinski definition) is 5. The minimum atomic E-state index is -0.353. The van der Waals surface area contributed by atoms with Gasteiger partial charge in [0.2, 0.25) is 5.91 Å². The first-order chi connectivity index (χ1) is 12.0. The molecule has 2 aromatic heterocycles. The first kappa shape index (κ1) is 16.4. The molecule has 0 saturated heterocycles. The fourth-order valence-electron chi connectivity index (χ4n) is 2.26. The van der Waals surface area contributed by atoms with Gasteiger partial charge in [-0.1, -0.05) is 0 Å². The summed E-state index contributed by atoms with van der Waals surface area (Å²) < 4.78 is 2.63. The third-order valence-electron chi connectivity index (χ3n) is 3.55. The van der Waals surface area contributed by atoms with Crippen LogP contribution in [0.1, 0.15) is 0 Å². The number of amides is 1. The lowest BCUT2D eigenvalue weighted by Crippen LogP contribution is -2.30. The molecule has 0 fully saturated rings. The molecule has 0 spiro atoms. The van der Waals surface area contributed by atoms with Gasteiger partial charge >= 0.3 is 0 Å². The molecule has 1 N–H and O–H groups in total. The maximum Gasteiger partial charge on any atom is 0.267 e. The zero-order valence-electron chi connectivity index (χ0n) is 14.0. The van der Waals surface area contributed by atoms with Gasteiger partial charge in [0.1, 0.15) is 6.54 Å². The average Bonchev–Trinajstić information content (AvgIpc) is 3.12. The van der Waals surface area contributed by atoms with Gasteiger partial charge in [-0.3, -0.25) is 9.59 Å². The van der Waals surface area contributed by atoms with Gasteiger partial charge < -0.3 is 10.2 Å². The highest BCUT2D eigenvalue weighted by molar-refractivity contribution is 5.90. The predicted octanol–water partition coefficient (Wildman–Crippen LogP) is 1.13. The molecule has 0 aliphatic rings. The second-order valence-electron chi connectivity index (χ2n) is 5.63. The molecule has 25 heavy (non-hydrogen) atoms. The quantitative estimate of drug-likeness (QED) is 0.754. The van der Waals surface area contributed by atoms with Crippen molar-refractivity contribution in [3.63, 3.8) is 0 Å². The molecule has 0 radical (unpaired) electrons. The highest BCUT2D eigenvalue weighted by atomic mass is 16.2. The van der Waals surface area contributed by atoms with E-state index in [9.17, 15) is 9.59 Å². The molecule has 0 unspecified atom stereocenters. The maximum absolute atomic E-state index is 12.2. The summed E-state index contributed by atoms with van der Waals surface area (Å²) in [6.07, 6.45) is 3.32. The van der Waals surface area contributed by atoms with E-state index in [4.69, 9.17) is 0 Å². The van der Waals surface area contributed by atoms with Crippen molar-refractivity contribution in [1.29, 1.82) is 0 Å². The van der Waals surface area contributed by atoms with Crippen molar-refractivity contribution in [2.45, 2.75) is 6.54 Å². The van der Waals surface area contributed by atoms with E-state index in [-0.39, 0.29) is 18.0 Å². The lowest BCUT2D eigenvalue weighted by molar-refractivity contribution is -0.117. The zero-order chi connectivity index (χ0) is 17.8. The number of hydrogen-bond donors (Lipinski definition) is 1. The Hall–Kier alpha value is -3.42. The van der Waals surface area contributed by atoms with Crippen molar-refractivity contribution in [3.05, 3.63) is 65.2 Å². The molecule has 3 aromatic rings. The van der Waals surface area contributed by atoms with E-state index in [2.05, 4.69) is 15.5 Å². The van der Waals surface area contributed by atoms with Crippen LogP contribution in [0, 0.1) is 0 Å². The minimum Gasteiger partial charge on any atom is -0.378 e. The van der Waals surface area contributed by atoms with Crippen LogP contribution < -0.4 is 15.8 Å². The van der Waals surface area contributed by atoms with Gasteiger partial charge in [0, 0.05) is 43.9 Å². The Bertz CT molecular complexity index is 913. The molecule has 8 heteroatoms. The van der Waals surface area contributed by atoms with Crippen molar-refractivity contribution in [2.24, 2.45) is 0 Å². The molecular weight excluding hydrogens is 320 g/mol. The van der Waals surface area contributed by atoms with Gasteiger partial charge in [-0.05, 0) is 36.4 Å². The van der Waals surface area contributed by atoms with Crippen LogP contribution in [0.3, 0.4) is 0 Å². The summed E-state index contributed by atoms with van der Waals surface area (Å²) in [7, 11) is 3.89. The number of carbonyl (C=O) groups is 1. The van der Waals surface area contributed by atoms with Crippen LogP contribution in [0.4, 0.5) is 11.4 Å². The summed E-state index contributed by atoms with van der Waals surface area (Å²) in [5.41, 5.74) is 1.34. The number of rotatable bonds is 5. The Kier molecular flexibility index (Phi) is 4.60. The number of carbonyl (C=O) groups excluding carboxylic acids is 1. The highest BCUT2D eigenvalue weighted by Gasteiger charge is 2.08. The summed E-state index contributed by atoms with van der Waals surface area (Å²) >= 11 is 0. The van der Waals surface area contributed by atoms with Crippen molar-refractivity contribution in [1.82, 2.24) is 19.6 Å². The van der Waals surface area contributed by atoms with Gasteiger partial charge in [-0.25, -0.2) is 9.36 Å². The smallest absolute Gasteiger partial charge is 0.267 e. The van der Waals surface area contributed by atoms with Gasteiger partial charge in [0.25, 0.3) is 5.56 Å². The number of benzene rings is 1. The first-order valence-electron chi connectivity index (χ1n) is 7.68. The molecule has 0 atom stereocenters. The van der Waals surface area contributed by atoms with Crippen LogP contribution in [-0.4, -0.2) is 39.6 Å². The molecule has 3 rings (SSSR count). The third kappa shape index (κ3) is 3.92. The van der Waals surface area contributed by atoms with Crippen LogP contribution in [0.25, 0.3) is 5.82 Å². The molecule has 0 aliphatic carbocycles. The van der Waals surface area contributed by atoms with Crippen molar-refractivity contribution < 1.29 is 4.79 Å². The molecule has 2 heterocycles. The van der Waals surface area contributed by atoms with E-state index in [0.29, 0.717) is 11.5 Å². The first-order valence-corrected chi connectivity index (χ1v) is 7.68. The van der Waals surface area contributed by atoms with E-state index in [0.717, 1.165) is 10.4 Å². The summed E-state index contributed by atoms with van der Waals surface area (Å²) in [5, 5.41) is 11.0. The maximum atomic E-state index is 12.2. The van der Waals surface area contributed by atoms with E-state index >= 15 is 0 Å². The standard InChI is InChI=1S/C17H18N6O2/c1-21(2)14-6-4-13(5-7-14)19-16(24)12-23-17(25)9-8-15(20-23)22-11-3-10-18-22/h3-11H,12H2,1-2H3,(H,19,24). The molecule has 0 bridgehead atoms. The topological polar surface area (TPSA) is 85.1 Å². The van der Waals surface area contributed by atoms with E-state index in [1.807, 2.05) is 43.3 Å². The normalized spacial score (nSPS) is 10.5. The summed E-state index contributed by atoms with van der Waals surface area (Å²) in [4.78, 5) is 26.1. The van der Waals surface area contributed by atoms with Gasteiger partial charge in [0.05, 0.1) is 0 Å². The molecule has 0 aliphatic heterocycles. The Morgan fingerprint density at radius 2 is 1.92 bits per heavy atom. The zero-order valence-corrected chi connectivity index (χ0v) is 14.0. The van der Waals surface area contributed by atoms with Crippen molar-refractivity contribution in [2.75, 3.05) is 24.3 Å². The Balaban J connectivity index is 1.72. The van der Waals surface area contributed by atoms with Crippen LogP contribution in [0.2, 0.25) is 0 Å². The highest BCUT2D eigenvalue weighted by Crippen LogP contribution is 2.15. The van der Waals surface area contributed by atoms with E-state index < -0.39 is 0 Å². The van der Waals surface area contributed by atoms with E-state index in [1.54, 1.807) is 24.5 Å². The fraction of sp³-hybridized carbons (Fsp3) is 0.176. The number of nitrogens with one attached hydrogen (secondary N) is 1. The van der Waals surface area contributed by atoms with Crippen LogP contribution in [0.15, 0.2) is 59.7 Å². The Labute approximate surface area is 144 Å². The second-order valence-corrected chi connectivity index (χ2v) is 5.63. The van der Waals surface area contributed by atoms with Crippen molar-refractivity contribution in [3.8, 4) is 5.82 Å². The number of aromatic nitrogens is 4. The molecule has 128 valence electrons. The third-order valence-corrected chi connectivity index (χ3v) is 3.55. The Morgan fingerprint density at radius 1 is 1.16 bits per heavy atom. The molecule has 1 amide bonds. The van der Waals surface area contributed by atoms with Crippen LogP contribution in [-0.2, 0) is 11.3 Å². The van der Waals surface area contributed by atoms with Crippen LogP contribution >= 0.6 is 0 Å². The molecule has 8 nitrogen and oxygen atoms in total. The Morgan fingerprint density at radius 3 is 2.56 bits per heavy atom. The van der Waals surface area contributed by atoms with Crippen LogP contribution in [0.5, 0.6) is 0 Å². The van der Waals surface area contributed by atoms with E-state index in [1.165, 1.54) is 10.7 Å². The monoisotopic (exact) mass is 338 g/mol. The number of nitrogens with zero attached hydrogens (tertiary/aromatic N) is 5. The molecule has 0 saturated carbocycles. The fourth-order valence-corrected chi connectivity index (χ4v) is 2.26. The number of anilines is 2. The molecule has 1 aromatic carbocycles. The lowest BCUT2D eigenvalue weighted by Gasteiger charge is -2.13. The van der Waals surface area contributed by atoms with Gasteiger partial charge in [-0.15, -0.1) is 5.10 Å². The summed E-state index contributed by atoms with van der Waals surface area (Å²) in [6, 6.07) is 12.1. The largest absolute Gasteiger partial charge is 0.378 e.